The molecular weight excluding hydrogens is 438 g/mol. The lowest BCUT2D eigenvalue weighted by Gasteiger charge is -2.53. The van der Waals surface area contributed by atoms with E-state index in [2.05, 4.69) is 40.9 Å². The summed E-state index contributed by atoms with van der Waals surface area (Å²) in [5.41, 5.74) is 4.91. The molecule has 0 radical (unpaired) electrons. The number of aliphatic hydroxyl groups is 1. The summed E-state index contributed by atoms with van der Waals surface area (Å²) in [7, 11) is 0. The molecule has 4 aliphatic carbocycles. The zero-order valence-electron chi connectivity index (χ0n) is 20.8. The van der Waals surface area contributed by atoms with Gasteiger partial charge in [-0.25, -0.2) is 4.79 Å². The van der Waals surface area contributed by atoms with Gasteiger partial charge in [0, 0.05) is 24.7 Å². The predicted molar refractivity (Wildman–Crippen MR) is 134 cm³/mol. The van der Waals surface area contributed by atoms with Crippen LogP contribution in [0.1, 0.15) is 82.8 Å². The van der Waals surface area contributed by atoms with E-state index in [1.807, 2.05) is 25.1 Å². The number of ketones is 1. The Kier molecular flexibility index (Phi) is 6.05. The highest BCUT2D eigenvalue weighted by molar-refractivity contribution is 5.93. The largest absolute Gasteiger partial charge is 0.377 e. The summed E-state index contributed by atoms with van der Waals surface area (Å²) < 4.78 is 0. The molecule has 0 heterocycles. The Morgan fingerprint density at radius 1 is 1.20 bits per heavy atom. The minimum atomic E-state index is -0.976. The molecule has 0 saturated heterocycles. The fourth-order valence-electron chi connectivity index (χ4n) is 7.35. The molecule has 182 valence electrons. The van der Waals surface area contributed by atoms with Gasteiger partial charge in [-0.2, -0.15) is 0 Å². The first kappa shape index (κ1) is 23.8. The lowest BCUT2D eigenvalue weighted by molar-refractivity contribution is -0.140. The van der Waals surface area contributed by atoms with Crippen LogP contribution in [0.3, 0.4) is 0 Å². The van der Waals surface area contributed by atoms with Gasteiger partial charge in [0.15, 0.2) is 5.78 Å². The van der Waals surface area contributed by atoms with Crippen molar-refractivity contribution in [1.29, 1.82) is 0 Å². The van der Waals surface area contributed by atoms with Crippen LogP contribution in [0.25, 0.3) is 0 Å². The molecule has 1 N–H and O–H groups in total. The van der Waals surface area contributed by atoms with Crippen molar-refractivity contribution in [3.05, 3.63) is 58.2 Å². The average molecular weight is 472 g/mol. The number of allylic oxidation sites excluding steroid dienone is 4. The number of rotatable bonds is 3. The molecule has 4 aliphatic rings. The van der Waals surface area contributed by atoms with E-state index < -0.39 is 11.6 Å². The van der Waals surface area contributed by atoms with Gasteiger partial charge in [-0.3, -0.25) is 4.79 Å². The third-order valence-corrected chi connectivity index (χ3v) is 8.94. The van der Waals surface area contributed by atoms with Crippen molar-refractivity contribution >= 4 is 18.0 Å². The number of fused-ring (bicyclic) bond motifs is 4. The molecular formula is C30H33NO4. The maximum absolute atomic E-state index is 12.2. The van der Waals surface area contributed by atoms with Gasteiger partial charge in [0.25, 0.3) is 0 Å². The lowest BCUT2D eigenvalue weighted by atomic mass is 9.51. The maximum atomic E-state index is 12.2. The number of carbonyl (C=O) groups excluding carboxylic acids is 2. The van der Waals surface area contributed by atoms with Crippen molar-refractivity contribution in [3.8, 4) is 11.8 Å². The molecule has 0 bridgehead atoms. The first-order chi connectivity index (χ1) is 16.8. The second kappa shape index (κ2) is 8.91. The normalized spacial score (nSPS) is 33.9. The van der Waals surface area contributed by atoms with Crippen molar-refractivity contribution in [2.45, 2.75) is 77.2 Å². The maximum Gasteiger partial charge on any atom is 0.331 e. The summed E-state index contributed by atoms with van der Waals surface area (Å²) >= 11 is 0. The molecule has 1 aromatic carbocycles. The van der Waals surface area contributed by atoms with Crippen molar-refractivity contribution < 1.29 is 19.5 Å². The quantitative estimate of drug-likeness (QED) is 0.283. The van der Waals surface area contributed by atoms with E-state index in [0.717, 1.165) is 37.7 Å². The number of hydrogen-bond donors (Lipinski definition) is 1. The molecule has 2 fully saturated rings. The SMILES string of the molecule is CC#C[C@]1(O)CC[C@H]2[C@@H]3CCC4=CC(=O)CCC4=C3[C@@H](c3ccc(/C=N/OC(C)=O)cc3)C[C@@]21C. The number of hydrogen-bond acceptors (Lipinski definition) is 5. The van der Waals surface area contributed by atoms with Crippen LogP contribution >= 0.6 is 0 Å². The van der Waals surface area contributed by atoms with E-state index in [4.69, 9.17) is 0 Å². The summed E-state index contributed by atoms with van der Waals surface area (Å²) in [6.45, 7) is 5.38. The molecule has 5 heteroatoms. The van der Waals surface area contributed by atoms with Gasteiger partial charge in [0.05, 0.1) is 6.21 Å². The Bertz CT molecular complexity index is 1210. The highest BCUT2D eigenvalue weighted by atomic mass is 16.7. The highest BCUT2D eigenvalue weighted by Gasteiger charge is 2.62. The smallest absolute Gasteiger partial charge is 0.331 e. The average Bonchev–Trinajstić information content (AvgIpc) is 3.09. The molecule has 0 spiro atoms. The van der Waals surface area contributed by atoms with Crippen molar-refractivity contribution in [2.24, 2.45) is 22.4 Å². The summed E-state index contributed by atoms with van der Waals surface area (Å²) in [6, 6.07) is 8.24. The van der Waals surface area contributed by atoms with Crippen LogP contribution in [-0.2, 0) is 14.4 Å². The predicted octanol–water partition coefficient (Wildman–Crippen LogP) is 5.24. The fourth-order valence-corrected chi connectivity index (χ4v) is 7.35. The van der Waals surface area contributed by atoms with Crippen LogP contribution in [0, 0.1) is 29.1 Å². The molecule has 5 atom stereocenters. The van der Waals surface area contributed by atoms with Gasteiger partial charge < -0.3 is 9.94 Å². The van der Waals surface area contributed by atoms with Crippen molar-refractivity contribution in [1.82, 2.24) is 0 Å². The number of benzene rings is 1. The molecule has 0 aromatic heterocycles. The molecule has 0 unspecified atom stereocenters. The van der Waals surface area contributed by atoms with Gasteiger partial charge in [-0.05, 0) is 85.6 Å². The summed E-state index contributed by atoms with van der Waals surface area (Å²) in [5.74, 6) is 6.96. The monoisotopic (exact) mass is 471 g/mol. The summed E-state index contributed by atoms with van der Waals surface area (Å²) in [5, 5.41) is 15.5. The molecule has 5 rings (SSSR count). The Morgan fingerprint density at radius 3 is 2.69 bits per heavy atom. The van der Waals surface area contributed by atoms with Crippen LogP contribution in [-0.4, -0.2) is 28.7 Å². The topological polar surface area (TPSA) is 76.0 Å². The van der Waals surface area contributed by atoms with Crippen LogP contribution in [0.5, 0.6) is 0 Å². The molecule has 0 aliphatic heterocycles. The second-order valence-corrected chi connectivity index (χ2v) is 10.8. The first-order valence-corrected chi connectivity index (χ1v) is 12.7. The zero-order chi connectivity index (χ0) is 24.8. The Hall–Kier alpha value is -2.97. The number of nitrogens with zero attached hydrogens (tertiary/aromatic N) is 1. The van der Waals surface area contributed by atoms with E-state index in [1.54, 1.807) is 0 Å². The lowest BCUT2D eigenvalue weighted by Crippen LogP contribution is -2.51. The molecule has 1 aromatic rings. The van der Waals surface area contributed by atoms with Gasteiger partial charge in [-0.1, -0.05) is 47.8 Å². The van der Waals surface area contributed by atoms with Gasteiger partial charge in [0.2, 0.25) is 0 Å². The van der Waals surface area contributed by atoms with Crippen LogP contribution in [0.2, 0.25) is 0 Å². The minimum absolute atomic E-state index is 0.163. The zero-order valence-corrected chi connectivity index (χ0v) is 20.8. The van der Waals surface area contributed by atoms with Crippen LogP contribution < -0.4 is 0 Å². The van der Waals surface area contributed by atoms with Crippen LogP contribution in [0.4, 0.5) is 0 Å². The number of carbonyl (C=O) groups is 2. The first-order valence-electron chi connectivity index (χ1n) is 12.7. The van der Waals surface area contributed by atoms with E-state index in [0.29, 0.717) is 24.7 Å². The third kappa shape index (κ3) is 3.98. The van der Waals surface area contributed by atoms with Crippen molar-refractivity contribution in [3.63, 3.8) is 0 Å². The fraction of sp³-hybridized carbons (Fsp3) is 0.500. The second-order valence-electron chi connectivity index (χ2n) is 10.8. The van der Waals surface area contributed by atoms with Gasteiger partial charge in [-0.15, -0.1) is 5.92 Å². The molecule has 0 amide bonds. The summed E-state index contributed by atoms with van der Waals surface area (Å²) in [4.78, 5) is 27.9. The molecule has 35 heavy (non-hydrogen) atoms. The van der Waals surface area contributed by atoms with Crippen LogP contribution in [0.15, 0.2) is 52.2 Å². The van der Waals surface area contributed by atoms with E-state index in [1.165, 1.54) is 35.4 Å². The Balaban J connectivity index is 1.59. The minimum Gasteiger partial charge on any atom is -0.377 e. The van der Waals surface area contributed by atoms with Gasteiger partial charge in [0.1, 0.15) is 5.60 Å². The third-order valence-electron chi connectivity index (χ3n) is 8.94. The molecule has 2 saturated carbocycles. The Labute approximate surface area is 207 Å². The van der Waals surface area contributed by atoms with Gasteiger partial charge >= 0.3 is 5.97 Å². The van der Waals surface area contributed by atoms with E-state index in [-0.39, 0.29) is 17.1 Å². The van der Waals surface area contributed by atoms with E-state index >= 15 is 0 Å². The standard InChI is InChI=1S/C30H33NO4/c1-4-14-30(34)15-13-27-25-11-9-22-16-23(33)10-12-24(22)28(25)26(17-29(27,30)3)21-7-5-20(6-8-21)18-31-35-19(2)32/h5-8,16,18,25-27,34H,9-13,15,17H2,1-3H3/b31-18+/t25-,26+,27-,29-,30-/m0/s1. The van der Waals surface area contributed by atoms with Crippen molar-refractivity contribution in [2.75, 3.05) is 0 Å². The Morgan fingerprint density at radius 2 is 1.97 bits per heavy atom. The van der Waals surface area contributed by atoms with E-state index in [9.17, 15) is 14.7 Å². The highest BCUT2D eigenvalue weighted by Crippen LogP contribution is 2.66. The molecule has 5 nitrogen and oxygen atoms in total. The summed E-state index contributed by atoms with van der Waals surface area (Å²) in [6.07, 6.45) is 9.33. The number of oxime groups is 1.